The summed E-state index contributed by atoms with van der Waals surface area (Å²) in [6.45, 7) is 2.50. The van der Waals surface area contributed by atoms with Crippen LogP contribution in [-0.2, 0) is 29.6 Å². The molecule has 1 aromatic heterocycles. The van der Waals surface area contributed by atoms with Crippen LogP contribution in [0.25, 0.3) is 0 Å². The number of hydrogen-bond acceptors (Lipinski definition) is 5. The first kappa shape index (κ1) is 21.5. The van der Waals surface area contributed by atoms with Gasteiger partial charge in [-0.25, -0.2) is 4.79 Å². The van der Waals surface area contributed by atoms with Crippen LogP contribution in [0.15, 0.2) is 46.1 Å². The molecule has 1 fully saturated rings. The number of nitrogens with two attached hydrogens (primary N) is 1. The molecule has 0 atom stereocenters. The van der Waals surface area contributed by atoms with E-state index in [1.165, 1.54) is 23.9 Å². The smallest absolute Gasteiger partial charge is 0.331 e. The zero-order valence-electron chi connectivity index (χ0n) is 17.0. The molecule has 2 amide bonds. The third-order valence-electron chi connectivity index (χ3n) is 5.52. The van der Waals surface area contributed by atoms with Gasteiger partial charge in [-0.1, -0.05) is 12.1 Å². The van der Waals surface area contributed by atoms with Gasteiger partial charge in [-0.3, -0.25) is 23.5 Å². The normalized spacial score (nSPS) is 15.1. The average Bonchev–Trinajstić information content (AvgIpc) is 2.74. The van der Waals surface area contributed by atoms with Crippen molar-refractivity contribution in [2.24, 2.45) is 18.7 Å². The van der Waals surface area contributed by atoms with Crippen molar-refractivity contribution in [3.8, 4) is 0 Å². The number of carbonyl (C=O) groups excluding carboxylic acids is 2. The Morgan fingerprint density at radius 1 is 1.10 bits per heavy atom. The molecule has 1 saturated heterocycles. The molecule has 0 bridgehead atoms. The number of carbonyl (C=O) groups is 2. The second-order valence-electron chi connectivity index (χ2n) is 7.64. The summed E-state index contributed by atoms with van der Waals surface area (Å²) in [7, 11) is 1.37. The van der Waals surface area contributed by atoms with Gasteiger partial charge in [-0.15, -0.1) is 0 Å². The van der Waals surface area contributed by atoms with Crippen LogP contribution >= 0.6 is 0 Å². The molecule has 1 aromatic carbocycles. The van der Waals surface area contributed by atoms with Gasteiger partial charge in [0.05, 0.1) is 0 Å². The summed E-state index contributed by atoms with van der Waals surface area (Å²) in [6, 6.07) is 8.83. The van der Waals surface area contributed by atoms with Crippen molar-refractivity contribution >= 4 is 17.5 Å². The molecule has 9 heteroatoms. The number of likely N-dealkylation sites (tertiary alicyclic amines) is 1. The minimum Gasteiger partial charge on any atom is -0.369 e. The van der Waals surface area contributed by atoms with Gasteiger partial charge in [0, 0.05) is 37.5 Å². The van der Waals surface area contributed by atoms with Crippen molar-refractivity contribution < 1.29 is 9.59 Å². The Labute approximate surface area is 174 Å². The van der Waals surface area contributed by atoms with E-state index < -0.39 is 11.2 Å². The Kier molecular flexibility index (Phi) is 6.83. The predicted molar refractivity (Wildman–Crippen MR) is 113 cm³/mol. The van der Waals surface area contributed by atoms with Gasteiger partial charge in [0.15, 0.2) is 0 Å². The van der Waals surface area contributed by atoms with Crippen LogP contribution in [0.2, 0.25) is 0 Å². The van der Waals surface area contributed by atoms with Gasteiger partial charge in [0.2, 0.25) is 11.8 Å². The lowest BCUT2D eigenvalue weighted by Crippen LogP contribution is -2.39. The maximum absolute atomic E-state index is 12.2. The number of anilines is 1. The second-order valence-corrected chi connectivity index (χ2v) is 7.64. The van der Waals surface area contributed by atoms with Crippen LogP contribution in [0.5, 0.6) is 0 Å². The fourth-order valence-electron chi connectivity index (χ4n) is 3.57. The lowest BCUT2D eigenvalue weighted by molar-refractivity contribution is -0.123. The maximum Gasteiger partial charge on any atom is 0.331 e. The lowest BCUT2D eigenvalue weighted by Gasteiger charge is -2.30. The number of nitrogens with one attached hydrogen (secondary N) is 1. The Hall–Kier alpha value is -3.20. The van der Waals surface area contributed by atoms with Gasteiger partial charge in [0.1, 0.15) is 6.54 Å². The molecule has 0 spiro atoms. The third kappa shape index (κ3) is 5.44. The summed E-state index contributed by atoms with van der Waals surface area (Å²) >= 11 is 0. The molecule has 30 heavy (non-hydrogen) atoms. The number of hydrogen-bond donors (Lipinski definition) is 2. The van der Waals surface area contributed by atoms with Gasteiger partial charge < -0.3 is 16.0 Å². The molecule has 0 saturated carbocycles. The number of benzene rings is 1. The van der Waals surface area contributed by atoms with E-state index in [9.17, 15) is 19.2 Å². The van der Waals surface area contributed by atoms with Crippen molar-refractivity contribution in [2.45, 2.75) is 25.8 Å². The highest BCUT2D eigenvalue weighted by Gasteiger charge is 2.22. The molecule has 0 unspecified atom stereocenters. The zero-order chi connectivity index (χ0) is 21.7. The van der Waals surface area contributed by atoms with Gasteiger partial charge in [-0.2, -0.15) is 0 Å². The van der Waals surface area contributed by atoms with E-state index in [1.54, 1.807) is 0 Å². The quantitative estimate of drug-likeness (QED) is 0.658. The average molecular weight is 413 g/mol. The Balaban J connectivity index is 1.48. The second kappa shape index (κ2) is 9.53. The molecular weight excluding hydrogens is 386 g/mol. The van der Waals surface area contributed by atoms with Gasteiger partial charge >= 0.3 is 5.69 Å². The highest BCUT2D eigenvalue weighted by Crippen LogP contribution is 2.17. The molecule has 0 aliphatic carbocycles. The van der Waals surface area contributed by atoms with Crippen molar-refractivity contribution in [3.63, 3.8) is 0 Å². The first-order chi connectivity index (χ1) is 14.3. The summed E-state index contributed by atoms with van der Waals surface area (Å²) in [5.41, 5.74) is 6.22. The van der Waals surface area contributed by atoms with E-state index in [4.69, 9.17) is 5.73 Å². The largest absolute Gasteiger partial charge is 0.369 e. The topological polar surface area (TPSA) is 119 Å². The van der Waals surface area contributed by atoms with Crippen LogP contribution in [0.3, 0.4) is 0 Å². The van der Waals surface area contributed by atoms with Crippen LogP contribution < -0.4 is 22.3 Å². The van der Waals surface area contributed by atoms with Crippen LogP contribution in [0.4, 0.5) is 5.69 Å². The molecule has 1 aliphatic rings. The number of rotatable bonds is 7. The van der Waals surface area contributed by atoms with E-state index >= 15 is 0 Å². The zero-order valence-corrected chi connectivity index (χ0v) is 17.0. The van der Waals surface area contributed by atoms with Crippen LogP contribution in [-0.4, -0.2) is 45.5 Å². The summed E-state index contributed by atoms with van der Waals surface area (Å²) in [6.07, 6.45) is 3.83. The molecule has 1 aliphatic heterocycles. The standard InChI is InChI=1S/C21H27N5O4/c1-24-19(28)9-13-26(21(24)30)14-18(27)23-17-4-2-15(3-5-17)6-10-25-11-7-16(8-12-25)20(22)29/h2-5,9,13,16H,6-8,10-12,14H2,1H3,(H2,22,29)(H,23,27). The SMILES string of the molecule is Cn1c(=O)ccn(CC(=O)Nc2ccc(CCN3CCC(C(N)=O)CC3)cc2)c1=O. The van der Waals surface area contributed by atoms with E-state index in [-0.39, 0.29) is 24.3 Å². The fourth-order valence-corrected chi connectivity index (χ4v) is 3.57. The number of amides is 2. The molecule has 2 aromatic rings. The van der Waals surface area contributed by atoms with Gasteiger partial charge in [0.25, 0.3) is 5.56 Å². The van der Waals surface area contributed by atoms with Gasteiger partial charge in [-0.05, 0) is 50.0 Å². The lowest BCUT2D eigenvalue weighted by atomic mass is 9.96. The Morgan fingerprint density at radius 2 is 1.77 bits per heavy atom. The highest BCUT2D eigenvalue weighted by atomic mass is 16.2. The predicted octanol–water partition coefficient (Wildman–Crippen LogP) is -0.0745. The van der Waals surface area contributed by atoms with E-state index in [2.05, 4.69) is 10.2 Å². The number of nitrogens with zero attached hydrogens (tertiary/aromatic N) is 3. The molecular formula is C21H27N5O4. The summed E-state index contributed by atoms with van der Waals surface area (Å²) in [5.74, 6) is -0.546. The van der Waals surface area contributed by atoms with Crippen molar-refractivity contribution in [3.05, 3.63) is 62.9 Å². The molecule has 3 N–H and O–H groups in total. The number of piperidine rings is 1. The summed E-state index contributed by atoms with van der Waals surface area (Å²) < 4.78 is 2.14. The molecule has 2 heterocycles. The molecule has 9 nitrogen and oxygen atoms in total. The monoisotopic (exact) mass is 413 g/mol. The first-order valence-electron chi connectivity index (χ1n) is 10.0. The van der Waals surface area contributed by atoms with E-state index in [0.717, 1.165) is 49.0 Å². The van der Waals surface area contributed by atoms with Crippen LogP contribution in [0.1, 0.15) is 18.4 Å². The first-order valence-corrected chi connectivity index (χ1v) is 10.0. The van der Waals surface area contributed by atoms with Crippen molar-refractivity contribution in [1.82, 2.24) is 14.0 Å². The third-order valence-corrected chi connectivity index (χ3v) is 5.52. The van der Waals surface area contributed by atoms with Crippen molar-refractivity contribution in [1.29, 1.82) is 0 Å². The highest BCUT2D eigenvalue weighted by molar-refractivity contribution is 5.90. The maximum atomic E-state index is 12.2. The van der Waals surface area contributed by atoms with Crippen LogP contribution in [0, 0.1) is 5.92 Å². The minimum absolute atomic E-state index is 0.000698. The number of aromatic nitrogens is 2. The van der Waals surface area contributed by atoms with Crippen molar-refractivity contribution in [2.75, 3.05) is 25.0 Å². The summed E-state index contributed by atoms with van der Waals surface area (Å²) in [4.78, 5) is 49.2. The fraction of sp³-hybridized carbons (Fsp3) is 0.429. The van der Waals surface area contributed by atoms with E-state index in [1.807, 2.05) is 24.3 Å². The molecule has 0 radical (unpaired) electrons. The van der Waals surface area contributed by atoms with E-state index in [0.29, 0.717) is 5.69 Å². The minimum atomic E-state index is -0.534. The molecule has 160 valence electrons. The Bertz CT molecular complexity index is 1020. The number of primary amides is 1. The Morgan fingerprint density at radius 3 is 2.40 bits per heavy atom. The summed E-state index contributed by atoms with van der Waals surface area (Å²) in [5, 5.41) is 2.76. The molecule has 3 rings (SSSR count).